The Bertz CT molecular complexity index is 1480. The molecule has 0 heterocycles. The number of rotatable bonds is 2. The van der Waals surface area contributed by atoms with E-state index in [1.165, 1.54) is 47.9 Å². The van der Waals surface area contributed by atoms with E-state index in [0.717, 1.165) is 0 Å². The van der Waals surface area contributed by atoms with E-state index in [1.807, 2.05) is 42.5 Å². The van der Waals surface area contributed by atoms with E-state index in [9.17, 15) is 0 Å². The van der Waals surface area contributed by atoms with Crippen LogP contribution >= 0.6 is 0 Å². The van der Waals surface area contributed by atoms with Crippen molar-refractivity contribution >= 4 is 0 Å². The van der Waals surface area contributed by atoms with Gasteiger partial charge in [0.15, 0.2) is 0 Å². The summed E-state index contributed by atoms with van der Waals surface area (Å²) in [6.07, 6.45) is 5.00. The highest BCUT2D eigenvalue weighted by molar-refractivity contribution is 5.63. The quantitative estimate of drug-likeness (QED) is 0.164. The van der Waals surface area contributed by atoms with Gasteiger partial charge < -0.3 is 15.3 Å². The molecule has 0 aliphatic carbocycles. The zero-order chi connectivity index (χ0) is 42.6. The van der Waals surface area contributed by atoms with Crippen LogP contribution < -0.4 is 0 Å². The summed E-state index contributed by atoms with van der Waals surface area (Å²) in [6.45, 7) is 17.0. The lowest BCUT2D eigenvalue weighted by molar-refractivity contribution is 0.475. The predicted octanol–water partition coefficient (Wildman–Crippen LogP) is 16.5. The molecule has 3 nitrogen and oxygen atoms in total. The molecule has 0 radical (unpaired) electrons. The summed E-state index contributed by atoms with van der Waals surface area (Å²) in [5, 5.41) is 25.9. The van der Waals surface area contributed by atoms with Gasteiger partial charge in [0.05, 0.1) is 0 Å². The van der Waals surface area contributed by atoms with Gasteiger partial charge in [0.25, 0.3) is 0 Å². The molecule has 0 spiro atoms. The summed E-state index contributed by atoms with van der Waals surface area (Å²) in [5.74, 6) is 0.965. The Kier molecular flexibility index (Phi) is 38.3. The van der Waals surface area contributed by atoms with Gasteiger partial charge in [-0.1, -0.05) is 257 Å². The van der Waals surface area contributed by atoms with Crippen LogP contribution in [0.5, 0.6) is 17.2 Å². The van der Waals surface area contributed by atoms with Crippen molar-refractivity contribution in [3.8, 4) is 39.5 Å². The van der Waals surface area contributed by atoms with Crippen LogP contribution in [0, 0.1) is 0 Å². The van der Waals surface area contributed by atoms with Gasteiger partial charge in [0.1, 0.15) is 17.2 Å². The number of benzene rings is 7. The molecule has 7 rings (SSSR count). The first-order valence-corrected chi connectivity index (χ1v) is 20.2. The standard InChI is InChI=1S/2C12H10.3C6H6O.4C3H8/c2*1-3-7-11(8-4-1)12-9-5-2-6-10-12;3*7-6-4-2-1-3-5-6;4*1-3-2/h2*1-10H;3*1-5,7H;4*3H2,1-2H3. The minimum atomic E-state index is 0.322. The predicted molar refractivity (Wildman–Crippen MR) is 252 cm³/mol. The molecular weight excluding hydrogens is 697 g/mol. The van der Waals surface area contributed by atoms with Crippen LogP contribution in [-0.2, 0) is 0 Å². The number of phenols is 3. The molecule has 3 heteroatoms. The molecule has 304 valence electrons. The highest BCUT2D eigenvalue weighted by Gasteiger charge is 1.93. The van der Waals surface area contributed by atoms with Crippen LogP contribution in [0.1, 0.15) is 81.1 Å². The molecule has 7 aromatic carbocycles. The molecule has 3 N–H and O–H groups in total. The molecule has 0 atom stereocenters. The maximum atomic E-state index is 8.63. The van der Waals surface area contributed by atoms with Gasteiger partial charge in [-0.05, 0) is 58.7 Å². The normalized spacial score (nSPS) is 8.49. The number of aromatic hydroxyl groups is 3. The maximum Gasteiger partial charge on any atom is 0.115 e. The Morgan fingerprint density at radius 2 is 0.316 bits per heavy atom. The van der Waals surface area contributed by atoms with Crippen molar-refractivity contribution in [3.05, 3.63) is 212 Å². The molecule has 57 heavy (non-hydrogen) atoms. The topological polar surface area (TPSA) is 60.7 Å². The number of hydrogen-bond acceptors (Lipinski definition) is 3. The number of phenolic OH excluding ortho intramolecular Hbond substituents is 3. The van der Waals surface area contributed by atoms with E-state index in [0.29, 0.717) is 17.2 Å². The molecule has 0 saturated carbocycles. The van der Waals surface area contributed by atoms with E-state index in [1.54, 1.807) is 72.8 Å². The third-order valence-electron chi connectivity index (χ3n) is 6.03. The molecular formula is C54H70O3. The second-order valence-corrected chi connectivity index (χ2v) is 12.3. The van der Waals surface area contributed by atoms with E-state index >= 15 is 0 Å². The van der Waals surface area contributed by atoms with Gasteiger partial charge in [-0.2, -0.15) is 0 Å². The van der Waals surface area contributed by atoms with Gasteiger partial charge >= 0.3 is 0 Å². The zero-order valence-corrected chi connectivity index (χ0v) is 35.9. The van der Waals surface area contributed by atoms with Gasteiger partial charge in [0.2, 0.25) is 0 Å². The van der Waals surface area contributed by atoms with E-state index in [-0.39, 0.29) is 0 Å². The van der Waals surface area contributed by atoms with Crippen LogP contribution in [0.25, 0.3) is 22.3 Å². The molecule has 0 unspecified atom stereocenters. The first kappa shape index (κ1) is 53.0. The van der Waals surface area contributed by atoms with Crippen molar-refractivity contribution < 1.29 is 15.3 Å². The van der Waals surface area contributed by atoms with E-state index in [4.69, 9.17) is 15.3 Å². The lowest BCUT2D eigenvalue weighted by Crippen LogP contribution is -1.73. The smallest absolute Gasteiger partial charge is 0.115 e. The fourth-order valence-electron chi connectivity index (χ4n) is 3.81. The van der Waals surface area contributed by atoms with Crippen LogP contribution in [0.3, 0.4) is 0 Å². The lowest BCUT2D eigenvalue weighted by atomic mass is 10.1. The van der Waals surface area contributed by atoms with Crippen molar-refractivity contribution in [1.82, 2.24) is 0 Å². The van der Waals surface area contributed by atoms with Crippen molar-refractivity contribution in [1.29, 1.82) is 0 Å². The Hall–Kier alpha value is -6.06. The average molecular weight is 767 g/mol. The highest BCUT2D eigenvalue weighted by atomic mass is 16.3. The summed E-state index contributed by atoms with van der Waals surface area (Å²) in [4.78, 5) is 0. The Morgan fingerprint density at radius 3 is 0.404 bits per heavy atom. The first-order chi connectivity index (χ1) is 27.8. The summed E-state index contributed by atoms with van der Waals surface area (Å²) < 4.78 is 0. The zero-order valence-electron chi connectivity index (χ0n) is 35.9. The first-order valence-electron chi connectivity index (χ1n) is 20.2. The van der Waals surface area contributed by atoms with E-state index < -0.39 is 0 Å². The van der Waals surface area contributed by atoms with Gasteiger partial charge in [-0.25, -0.2) is 0 Å². The van der Waals surface area contributed by atoms with Gasteiger partial charge in [-0.15, -0.1) is 0 Å². The molecule has 0 aromatic heterocycles. The maximum absolute atomic E-state index is 8.63. The Balaban J connectivity index is 0. The molecule has 0 saturated heterocycles. The van der Waals surface area contributed by atoms with Crippen LogP contribution in [0.15, 0.2) is 212 Å². The van der Waals surface area contributed by atoms with Crippen LogP contribution in [0.2, 0.25) is 0 Å². The monoisotopic (exact) mass is 767 g/mol. The third-order valence-corrected chi connectivity index (χ3v) is 6.03. The van der Waals surface area contributed by atoms with Crippen molar-refractivity contribution in [3.63, 3.8) is 0 Å². The minimum absolute atomic E-state index is 0.322. The number of para-hydroxylation sites is 3. The molecule has 0 bridgehead atoms. The molecule has 0 amide bonds. The van der Waals surface area contributed by atoms with Crippen molar-refractivity contribution in [2.75, 3.05) is 0 Å². The second-order valence-electron chi connectivity index (χ2n) is 12.3. The minimum Gasteiger partial charge on any atom is -0.508 e. The fourth-order valence-corrected chi connectivity index (χ4v) is 3.81. The van der Waals surface area contributed by atoms with Crippen molar-refractivity contribution in [2.24, 2.45) is 0 Å². The summed E-state index contributed by atoms with van der Waals surface area (Å²) in [7, 11) is 0. The highest BCUT2D eigenvalue weighted by Crippen LogP contribution is 2.18. The summed E-state index contributed by atoms with van der Waals surface area (Å²) in [6, 6.07) is 67.7. The molecule has 7 aromatic rings. The molecule has 0 aliphatic heterocycles. The lowest BCUT2D eigenvalue weighted by Gasteiger charge is -1.98. The van der Waals surface area contributed by atoms with Crippen LogP contribution in [-0.4, -0.2) is 15.3 Å². The summed E-state index contributed by atoms with van der Waals surface area (Å²) >= 11 is 0. The number of hydrogen-bond donors (Lipinski definition) is 3. The third kappa shape index (κ3) is 34.2. The van der Waals surface area contributed by atoms with Crippen molar-refractivity contribution in [2.45, 2.75) is 81.1 Å². The molecule has 0 aliphatic rings. The Labute approximate surface area is 347 Å². The van der Waals surface area contributed by atoms with E-state index in [2.05, 4.69) is 152 Å². The largest absolute Gasteiger partial charge is 0.508 e. The average Bonchev–Trinajstić information content (AvgIpc) is 3.25. The Morgan fingerprint density at radius 1 is 0.211 bits per heavy atom. The second kappa shape index (κ2) is 41.1. The SMILES string of the molecule is CCC.CCC.CCC.CCC.Oc1ccccc1.Oc1ccccc1.Oc1ccccc1.c1ccc(-c2ccccc2)cc1.c1ccc(-c2ccccc2)cc1. The molecule has 0 fully saturated rings. The summed E-state index contributed by atoms with van der Waals surface area (Å²) in [5.41, 5.74) is 5.10. The van der Waals surface area contributed by atoms with Gasteiger partial charge in [-0.3, -0.25) is 0 Å². The fraction of sp³-hybridized carbons (Fsp3) is 0.222. The van der Waals surface area contributed by atoms with Crippen LogP contribution in [0.4, 0.5) is 0 Å². The van der Waals surface area contributed by atoms with Gasteiger partial charge in [0, 0.05) is 0 Å².